The van der Waals surface area contributed by atoms with Crippen LogP contribution in [-0.2, 0) is 0 Å². The molecule has 1 unspecified atom stereocenters. The highest BCUT2D eigenvalue weighted by Gasteiger charge is 2.18. The Bertz CT molecular complexity index is 392. The first-order valence-electron chi connectivity index (χ1n) is 6.86. The average molecular weight is 285 g/mol. The SMILES string of the molecule is Cl.c1nc(OC2CCNC2)cc(N2CCCCC2)n1. The van der Waals surface area contributed by atoms with Crippen molar-refractivity contribution in [1.29, 1.82) is 0 Å². The topological polar surface area (TPSA) is 50.3 Å². The second kappa shape index (κ2) is 6.91. The van der Waals surface area contributed by atoms with E-state index < -0.39 is 0 Å². The Labute approximate surface area is 120 Å². The number of nitrogens with zero attached hydrogens (tertiary/aromatic N) is 3. The Balaban J connectivity index is 0.00000133. The summed E-state index contributed by atoms with van der Waals surface area (Å²) in [6.07, 6.45) is 6.78. The highest BCUT2D eigenvalue weighted by molar-refractivity contribution is 5.85. The number of piperidine rings is 1. The van der Waals surface area contributed by atoms with Crippen LogP contribution in [0.5, 0.6) is 5.88 Å². The Morgan fingerprint density at radius 1 is 1.21 bits per heavy atom. The van der Waals surface area contributed by atoms with Gasteiger partial charge in [0.2, 0.25) is 5.88 Å². The van der Waals surface area contributed by atoms with Crippen molar-refractivity contribution in [2.75, 3.05) is 31.1 Å². The van der Waals surface area contributed by atoms with Crippen molar-refractivity contribution in [2.45, 2.75) is 31.8 Å². The van der Waals surface area contributed by atoms with Gasteiger partial charge in [-0.05, 0) is 32.2 Å². The molecule has 2 saturated heterocycles. The van der Waals surface area contributed by atoms with Crippen LogP contribution in [0, 0.1) is 0 Å². The summed E-state index contributed by atoms with van der Waals surface area (Å²) in [5.74, 6) is 1.71. The second-order valence-electron chi connectivity index (χ2n) is 4.99. The molecule has 3 heterocycles. The Morgan fingerprint density at radius 2 is 2.05 bits per heavy atom. The fourth-order valence-corrected chi connectivity index (χ4v) is 2.59. The lowest BCUT2D eigenvalue weighted by atomic mass is 10.1. The highest BCUT2D eigenvalue weighted by Crippen LogP contribution is 2.21. The van der Waals surface area contributed by atoms with Gasteiger partial charge in [0.15, 0.2) is 0 Å². The molecule has 3 rings (SSSR count). The molecule has 19 heavy (non-hydrogen) atoms. The molecule has 1 N–H and O–H groups in total. The van der Waals surface area contributed by atoms with Gasteiger partial charge < -0.3 is 15.0 Å². The molecule has 0 radical (unpaired) electrons. The van der Waals surface area contributed by atoms with Gasteiger partial charge in [-0.2, -0.15) is 0 Å². The van der Waals surface area contributed by atoms with E-state index in [1.165, 1.54) is 19.3 Å². The number of aromatic nitrogens is 2. The molecule has 0 bridgehead atoms. The van der Waals surface area contributed by atoms with E-state index in [1.807, 2.05) is 6.07 Å². The number of nitrogens with one attached hydrogen (secondary N) is 1. The molecular formula is C13H21ClN4O. The lowest BCUT2D eigenvalue weighted by molar-refractivity contribution is 0.213. The van der Waals surface area contributed by atoms with Crippen molar-refractivity contribution in [1.82, 2.24) is 15.3 Å². The number of hydrogen-bond donors (Lipinski definition) is 1. The van der Waals surface area contributed by atoms with Crippen LogP contribution in [0.15, 0.2) is 12.4 Å². The lowest BCUT2D eigenvalue weighted by Crippen LogP contribution is -2.30. The Hall–Kier alpha value is -1.07. The Kier molecular flexibility index (Phi) is 5.22. The first-order valence-corrected chi connectivity index (χ1v) is 6.86. The van der Waals surface area contributed by atoms with Crippen molar-refractivity contribution in [3.05, 3.63) is 12.4 Å². The molecule has 2 aliphatic heterocycles. The van der Waals surface area contributed by atoms with E-state index in [-0.39, 0.29) is 18.5 Å². The maximum Gasteiger partial charge on any atom is 0.218 e. The normalized spacial score (nSPS) is 22.9. The molecule has 106 valence electrons. The van der Waals surface area contributed by atoms with E-state index >= 15 is 0 Å². The molecule has 0 saturated carbocycles. The zero-order valence-corrected chi connectivity index (χ0v) is 11.9. The van der Waals surface area contributed by atoms with Crippen LogP contribution >= 0.6 is 12.4 Å². The van der Waals surface area contributed by atoms with E-state index in [4.69, 9.17) is 4.74 Å². The van der Waals surface area contributed by atoms with Gasteiger partial charge in [0.05, 0.1) is 0 Å². The molecule has 2 aliphatic rings. The van der Waals surface area contributed by atoms with Crippen molar-refractivity contribution < 1.29 is 4.74 Å². The summed E-state index contributed by atoms with van der Waals surface area (Å²) in [4.78, 5) is 10.9. The van der Waals surface area contributed by atoms with Crippen molar-refractivity contribution >= 4 is 18.2 Å². The predicted octanol–water partition coefficient (Wildman–Crippen LogP) is 1.63. The van der Waals surface area contributed by atoms with E-state index in [9.17, 15) is 0 Å². The standard InChI is InChI=1S/C13H20N4O.ClH/c1-2-6-17(7-3-1)12-8-13(16-10-15-12)18-11-4-5-14-9-11;/h8,10-11,14H,1-7,9H2;1H. The summed E-state index contributed by atoms with van der Waals surface area (Å²) in [6, 6.07) is 1.98. The summed E-state index contributed by atoms with van der Waals surface area (Å²) >= 11 is 0. The monoisotopic (exact) mass is 284 g/mol. The molecule has 5 nitrogen and oxygen atoms in total. The van der Waals surface area contributed by atoms with Crippen LogP contribution in [0.1, 0.15) is 25.7 Å². The summed E-state index contributed by atoms with van der Waals surface area (Å²) in [7, 11) is 0. The summed E-state index contributed by atoms with van der Waals surface area (Å²) in [6.45, 7) is 4.15. The number of hydrogen-bond acceptors (Lipinski definition) is 5. The van der Waals surface area contributed by atoms with Gasteiger partial charge in [-0.1, -0.05) is 0 Å². The number of halogens is 1. The minimum Gasteiger partial charge on any atom is -0.473 e. The molecule has 0 aliphatic carbocycles. The van der Waals surface area contributed by atoms with Gasteiger partial charge in [-0.3, -0.25) is 0 Å². The third-order valence-electron chi connectivity index (χ3n) is 3.61. The minimum atomic E-state index is 0. The molecule has 0 spiro atoms. The van der Waals surface area contributed by atoms with E-state index in [0.717, 1.165) is 38.4 Å². The van der Waals surface area contributed by atoms with Gasteiger partial charge in [0.1, 0.15) is 18.2 Å². The molecule has 6 heteroatoms. The van der Waals surface area contributed by atoms with Gasteiger partial charge in [0.25, 0.3) is 0 Å². The maximum absolute atomic E-state index is 5.87. The number of rotatable bonds is 3. The third-order valence-corrected chi connectivity index (χ3v) is 3.61. The largest absolute Gasteiger partial charge is 0.473 e. The third kappa shape index (κ3) is 3.70. The highest BCUT2D eigenvalue weighted by atomic mass is 35.5. The average Bonchev–Trinajstić information content (AvgIpc) is 2.93. The zero-order chi connectivity index (χ0) is 12.2. The van der Waals surface area contributed by atoms with E-state index in [0.29, 0.717) is 5.88 Å². The molecular weight excluding hydrogens is 264 g/mol. The zero-order valence-electron chi connectivity index (χ0n) is 11.0. The molecule has 1 aromatic heterocycles. The number of ether oxygens (including phenoxy) is 1. The quantitative estimate of drug-likeness (QED) is 0.914. The van der Waals surface area contributed by atoms with Crippen molar-refractivity contribution in [3.8, 4) is 5.88 Å². The molecule has 0 aromatic carbocycles. The summed E-state index contributed by atoms with van der Waals surface area (Å²) in [5.41, 5.74) is 0. The molecule has 1 atom stereocenters. The van der Waals surface area contributed by atoms with Gasteiger partial charge in [0, 0.05) is 25.7 Å². The predicted molar refractivity (Wildman–Crippen MR) is 77.2 cm³/mol. The van der Waals surface area contributed by atoms with Crippen LogP contribution < -0.4 is 15.0 Å². The van der Waals surface area contributed by atoms with Crippen LogP contribution in [0.25, 0.3) is 0 Å². The second-order valence-corrected chi connectivity index (χ2v) is 4.99. The fourth-order valence-electron chi connectivity index (χ4n) is 2.59. The van der Waals surface area contributed by atoms with Crippen molar-refractivity contribution in [3.63, 3.8) is 0 Å². The van der Waals surface area contributed by atoms with Crippen molar-refractivity contribution in [2.24, 2.45) is 0 Å². The Morgan fingerprint density at radius 3 is 2.79 bits per heavy atom. The van der Waals surface area contributed by atoms with Gasteiger partial charge in [-0.15, -0.1) is 12.4 Å². The maximum atomic E-state index is 5.87. The van der Waals surface area contributed by atoms with Crippen LogP contribution in [0.3, 0.4) is 0 Å². The van der Waals surface area contributed by atoms with Gasteiger partial charge in [-0.25, -0.2) is 9.97 Å². The molecule has 0 amide bonds. The first-order chi connectivity index (χ1) is 8.92. The molecule has 2 fully saturated rings. The molecule has 1 aromatic rings. The number of anilines is 1. The van der Waals surface area contributed by atoms with Crippen LogP contribution in [0.2, 0.25) is 0 Å². The summed E-state index contributed by atoms with van der Waals surface area (Å²) in [5, 5.41) is 3.29. The summed E-state index contributed by atoms with van der Waals surface area (Å²) < 4.78 is 5.87. The van der Waals surface area contributed by atoms with E-state index in [2.05, 4.69) is 20.2 Å². The van der Waals surface area contributed by atoms with Crippen LogP contribution in [-0.4, -0.2) is 42.3 Å². The van der Waals surface area contributed by atoms with Gasteiger partial charge >= 0.3 is 0 Å². The fraction of sp³-hybridized carbons (Fsp3) is 0.692. The smallest absolute Gasteiger partial charge is 0.218 e. The minimum absolute atomic E-state index is 0. The van der Waals surface area contributed by atoms with Crippen LogP contribution in [0.4, 0.5) is 5.82 Å². The first kappa shape index (κ1) is 14.3. The van der Waals surface area contributed by atoms with E-state index in [1.54, 1.807) is 6.33 Å². The lowest BCUT2D eigenvalue weighted by Gasteiger charge is -2.27.